The lowest BCUT2D eigenvalue weighted by molar-refractivity contribution is 0.612. The average Bonchev–Trinajstić information content (AvgIpc) is 2.92. The van der Waals surface area contributed by atoms with Gasteiger partial charge in [0.2, 0.25) is 0 Å². The fourth-order valence-corrected chi connectivity index (χ4v) is 2.17. The van der Waals surface area contributed by atoms with E-state index < -0.39 is 0 Å². The first kappa shape index (κ1) is 13.8. The third-order valence-corrected chi connectivity index (χ3v) is 3.51. The zero-order chi connectivity index (χ0) is 13.7. The molecule has 0 saturated carbocycles. The molecule has 0 spiro atoms. The minimum atomic E-state index is -0.112. The van der Waals surface area contributed by atoms with Gasteiger partial charge in [-0.25, -0.2) is 9.67 Å². The van der Waals surface area contributed by atoms with Crippen LogP contribution in [0.5, 0.6) is 0 Å². The highest BCUT2D eigenvalue weighted by Gasteiger charge is 2.07. The molecule has 0 radical (unpaired) electrons. The van der Waals surface area contributed by atoms with Gasteiger partial charge in [0, 0.05) is 31.9 Å². The molecule has 2 N–H and O–H groups in total. The molecule has 0 amide bonds. The van der Waals surface area contributed by atoms with Crippen molar-refractivity contribution in [3.8, 4) is 0 Å². The molecule has 0 aliphatic rings. The Hall–Kier alpha value is -1.63. The van der Waals surface area contributed by atoms with Crippen molar-refractivity contribution in [3.63, 3.8) is 0 Å². The van der Waals surface area contributed by atoms with E-state index in [1.54, 1.807) is 12.4 Å². The molecular formula is C12H16BrN5O. The number of nitrogens with zero attached hydrogens (tertiary/aromatic N) is 3. The van der Waals surface area contributed by atoms with Crippen molar-refractivity contribution in [1.82, 2.24) is 19.7 Å². The third-order valence-electron chi connectivity index (χ3n) is 2.75. The Morgan fingerprint density at radius 3 is 3.05 bits per heavy atom. The van der Waals surface area contributed by atoms with Crippen LogP contribution in [0.1, 0.15) is 19.2 Å². The Morgan fingerprint density at radius 2 is 2.37 bits per heavy atom. The number of aryl methyl sites for hydroxylation is 2. The van der Waals surface area contributed by atoms with Crippen LogP contribution in [0.2, 0.25) is 0 Å². The van der Waals surface area contributed by atoms with Crippen LogP contribution >= 0.6 is 15.9 Å². The maximum Gasteiger partial charge on any atom is 0.283 e. The SMILES string of the molecule is CCn1ncc(NCCCc2ncc[nH]2)c(Br)c1=O. The van der Waals surface area contributed by atoms with Gasteiger partial charge in [0.15, 0.2) is 0 Å². The van der Waals surface area contributed by atoms with E-state index in [2.05, 4.69) is 36.3 Å². The number of aromatic amines is 1. The largest absolute Gasteiger partial charge is 0.383 e. The minimum Gasteiger partial charge on any atom is -0.383 e. The van der Waals surface area contributed by atoms with Gasteiger partial charge in [-0.2, -0.15) is 5.10 Å². The van der Waals surface area contributed by atoms with E-state index >= 15 is 0 Å². The number of hydrogen-bond acceptors (Lipinski definition) is 4. The summed E-state index contributed by atoms with van der Waals surface area (Å²) in [6, 6.07) is 0. The minimum absolute atomic E-state index is 0.112. The molecule has 2 rings (SSSR count). The van der Waals surface area contributed by atoms with Crippen LogP contribution in [-0.4, -0.2) is 26.3 Å². The molecule has 0 atom stereocenters. The molecule has 6 nitrogen and oxygen atoms in total. The van der Waals surface area contributed by atoms with Crippen molar-refractivity contribution in [3.05, 3.63) is 39.2 Å². The zero-order valence-electron chi connectivity index (χ0n) is 10.7. The number of imidazole rings is 1. The van der Waals surface area contributed by atoms with E-state index in [-0.39, 0.29) is 5.56 Å². The van der Waals surface area contributed by atoms with Crippen LogP contribution in [-0.2, 0) is 13.0 Å². The quantitative estimate of drug-likeness (QED) is 0.794. The predicted molar refractivity (Wildman–Crippen MR) is 77.3 cm³/mol. The molecule has 0 bridgehead atoms. The number of halogens is 1. The summed E-state index contributed by atoms with van der Waals surface area (Å²) in [5.41, 5.74) is 0.618. The van der Waals surface area contributed by atoms with E-state index in [1.807, 2.05) is 13.1 Å². The van der Waals surface area contributed by atoms with E-state index in [0.29, 0.717) is 11.0 Å². The highest BCUT2D eigenvalue weighted by molar-refractivity contribution is 9.10. The maximum atomic E-state index is 11.8. The summed E-state index contributed by atoms with van der Waals surface area (Å²) in [6.45, 7) is 3.21. The van der Waals surface area contributed by atoms with Crippen molar-refractivity contribution >= 4 is 21.6 Å². The first-order chi connectivity index (χ1) is 9.22. The first-order valence-electron chi connectivity index (χ1n) is 6.20. The Kier molecular flexibility index (Phi) is 4.73. The number of H-pyrrole nitrogens is 1. The fourth-order valence-electron chi connectivity index (χ4n) is 1.73. The fraction of sp³-hybridized carbons (Fsp3) is 0.417. The standard InChI is InChI=1S/C12H16BrN5O/c1-2-18-12(19)11(13)9(8-17-18)14-5-3-4-10-15-6-7-16-10/h6-8,14H,2-5H2,1H3,(H,15,16). The first-order valence-corrected chi connectivity index (χ1v) is 6.99. The molecule has 2 aromatic rings. The lowest BCUT2D eigenvalue weighted by Gasteiger charge is -2.09. The van der Waals surface area contributed by atoms with E-state index in [1.165, 1.54) is 4.68 Å². The highest BCUT2D eigenvalue weighted by Crippen LogP contribution is 2.15. The molecule has 2 heterocycles. The van der Waals surface area contributed by atoms with Crippen LogP contribution in [0.4, 0.5) is 5.69 Å². The van der Waals surface area contributed by atoms with Gasteiger partial charge in [0.25, 0.3) is 5.56 Å². The predicted octanol–water partition coefficient (Wildman–Crippen LogP) is 1.79. The second-order valence-corrected chi connectivity index (χ2v) is 4.85. The number of aromatic nitrogens is 4. The van der Waals surface area contributed by atoms with Gasteiger partial charge in [-0.05, 0) is 29.3 Å². The lowest BCUT2D eigenvalue weighted by Crippen LogP contribution is -2.23. The van der Waals surface area contributed by atoms with Gasteiger partial charge >= 0.3 is 0 Å². The van der Waals surface area contributed by atoms with Gasteiger partial charge < -0.3 is 10.3 Å². The van der Waals surface area contributed by atoms with Gasteiger partial charge in [0.05, 0.1) is 11.9 Å². The Balaban J connectivity index is 1.89. The van der Waals surface area contributed by atoms with Crippen molar-refractivity contribution < 1.29 is 0 Å². The average molecular weight is 326 g/mol. The van der Waals surface area contributed by atoms with Gasteiger partial charge in [-0.1, -0.05) is 0 Å². The van der Waals surface area contributed by atoms with Crippen LogP contribution < -0.4 is 10.9 Å². The molecule has 0 aromatic carbocycles. The van der Waals surface area contributed by atoms with Crippen LogP contribution in [0.25, 0.3) is 0 Å². The summed E-state index contributed by atoms with van der Waals surface area (Å²) >= 11 is 3.31. The molecule has 0 aliphatic carbocycles. The zero-order valence-corrected chi connectivity index (χ0v) is 12.3. The van der Waals surface area contributed by atoms with Crippen molar-refractivity contribution in [2.75, 3.05) is 11.9 Å². The van der Waals surface area contributed by atoms with Crippen molar-refractivity contribution in [2.24, 2.45) is 0 Å². The number of anilines is 1. The Labute approximate surface area is 119 Å². The smallest absolute Gasteiger partial charge is 0.283 e. The summed E-state index contributed by atoms with van der Waals surface area (Å²) in [5, 5.41) is 7.28. The molecule has 102 valence electrons. The maximum absolute atomic E-state index is 11.8. The highest BCUT2D eigenvalue weighted by atomic mass is 79.9. The summed E-state index contributed by atoms with van der Waals surface area (Å²) in [6.07, 6.45) is 7.02. The Morgan fingerprint density at radius 1 is 1.53 bits per heavy atom. The molecule has 7 heteroatoms. The molecule has 0 saturated heterocycles. The molecule has 19 heavy (non-hydrogen) atoms. The molecule has 0 aliphatic heterocycles. The molecular weight excluding hydrogens is 310 g/mol. The molecule has 0 unspecified atom stereocenters. The van der Waals surface area contributed by atoms with Crippen LogP contribution in [0, 0.1) is 0 Å². The van der Waals surface area contributed by atoms with Gasteiger partial charge in [-0.15, -0.1) is 0 Å². The Bertz CT molecular complexity index is 578. The van der Waals surface area contributed by atoms with Crippen LogP contribution in [0.15, 0.2) is 27.9 Å². The third kappa shape index (κ3) is 3.44. The number of hydrogen-bond donors (Lipinski definition) is 2. The van der Waals surface area contributed by atoms with E-state index in [0.717, 1.165) is 30.9 Å². The van der Waals surface area contributed by atoms with E-state index in [4.69, 9.17) is 0 Å². The summed E-state index contributed by atoms with van der Waals surface area (Å²) in [4.78, 5) is 19.1. The normalized spacial score (nSPS) is 10.6. The molecule has 2 aromatic heterocycles. The summed E-state index contributed by atoms with van der Waals surface area (Å²) in [5.74, 6) is 0.973. The number of nitrogens with one attached hydrogen (secondary N) is 2. The van der Waals surface area contributed by atoms with Crippen LogP contribution in [0.3, 0.4) is 0 Å². The van der Waals surface area contributed by atoms with Gasteiger partial charge in [0.1, 0.15) is 10.3 Å². The summed E-state index contributed by atoms with van der Waals surface area (Å²) in [7, 11) is 0. The topological polar surface area (TPSA) is 75.6 Å². The second kappa shape index (κ2) is 6.51. The van der Waals surface area contributed by atoms with E-state index in [9.17, 15) is 4.79 Å². The van der Waals surface area contributed by atoms with Crippen molar-refractivity contribution in [2.45, 2.75) is 26.3 Å². The molecule has 0 fully saturated rings. The van der Waals surface area contributed by atoms with Crippen molar-refractivity contribution in [1.29, 1.82) is 0 Å². The second-order valence-electron chi connectivity index (χ2n) is 4.06. The van der Waals surface area contributed by atoms with Gasteiger partial charge in [-0.3, -0.25) is 4.79 Å². The summed E-state index contributed by atoms with van der Waals surface area (Å²) < 4.78 is 1.94. The lowest BCUT2D eigenvalue weighted by atomic mass is 10.3. The monoisotopic (exact) mass is 325 g/mol. The number of rotatable bonds is 6.